The van der Waals surface area contributed by atoms with Gasteiger partial charge in [-0.1, -0.05) is 0 Å². The van der Waals surface area contributed by atoms with Gasteiger partial charge in [0.1, 0.15) is 6.42 Å². The molecule has 0 atom stereocenters. The number of ether oxygens (including phenoxy) is 1. The molecular formula is C12H19NO5. The topological polar surface area (TPSA) is 92.7 Å². The van der Waals surface area contributed by atoms with E-state index in [1.54, 1.807) is 6.92 Å². The van der Waals surface area contributed by atoms with E-state index < -0.39 is 18.3 Å². The first-order chi connectivity index (χ1) is 8.52. The van der Waals surface area contributed by atoms with Gasteiger partial charge in [0.2, 0.25) is 5.91 Å². The molecule has 18 heavy (non-hydrogen) atoms. The summed E-state index contributed by atoms with van der Waals surface area (Å²) >= 11 is 0. The lowest BCUT2D eigenvalue weighted by molar-refractivity contribution is -0.149. The lowest BCUT2D eigenvalue weighted by Crippen LogP contribution is -2.39. The van der Waals surface area contributed by atoms with Gasteiger partial charge in [0, 0.05) is 6.04 Å². The Hall–Kier alpha value is -1.59. The molecule has 0 aromatic rings. The van der Waals surface area contributed by atoms with E-state index in [9.17, 15) is 14.4 Å². The molecule has 0 spiro atoms. The molecule has 0 aliphatic heterocycles. The van der Waals surface area contributed by atoms with Crippen LogP contribution in [0.1, 0.15) is 39.0 Å². The summed E-state index contributed by atoms with van der Waals surface area (Å²) in [5, 5.41) is 11.1. The number of hydrogen-bond acceptors (Lipinski definition) is 4. The van der Waals surface area contributed by atoms with Crippen molar-refractivity contribution in [1.82, 2.24) is 5.32 Å². The average Bonchev–Trinajstić information content (AvgIpc) is 2.29. The molecule has 1 saturated carbocycles. The van der Waals surface area contributed by atoms with Gasteiger partial charge in [-0.15, -0.1) is 0 Å². The Bertz CT molecular complexity index is 320. The van der Waals surface area contributed by atoms with Gasteiger partial charge >= 0.3 is 11.9 Å². The van der Waals surface area contributed by atoms with Crippen LogP contribution in [0, 0.1) is 5.92 Å². The highest BCUT2D eigenvalue weighted by molar-refractivity contribution is 5.93. The molecule has 0 bridgehead atoms. The number of esters is 1. The van der Waals surface area contributed by atoms with Crippen LogP contribution in [-0.4, -0.2) is 35.6 Å². The number of aliphatic carboxylic acids is 1. The number of amides is 1. The highest BCUT2D eigenvalue weighted by atomic mass is 16.5. The fraction of sp³-hybridized carbons (Fsp3) is 0.750. The van der Waals surface area contributed by atoms with Gasteiger partial charge in [-0.25, -0.2) is 0 Å². The van der Waals surface area contributed by atoms with Crippen LogP contribution in [0.25, 0.3) is 0 Å². The second-order valence-corrected chi connectivity index (χ2v) is 4.44. The summed E-state index contributed by atoms with van der Waals surface area (Å²) in [6.45, 7) is 2.16. The third kappa shape index (κ3) is 4.73. The van der Waals surface area contributed by atoms with Crippen LogP contribution in [-0.2, 0) is 19.1 Å². The second kappa shape index (κ2) is 6.98. The number of nitrogens with one attached hydrogen (secondary N) is 1. The van der Waals surface area contributed by atoms with Crippen molar-refractivity contribution in [2.45, 2.75) is 45.1 Å². The Morgan fingerprint density at radius 2 is 1.83 bits per heavy atom. The summed E-state index contributed by atoms with van der Waals surface area (Å²) in [5.41, 5.74) is 0. The number of rotatable bonds is 5. The molecule has 6 nitrogen and oxygen atoms in total. The van der Waals surface area contributed by atoms with Crippen LogP contribution in [0.2, 0.25) is 0 Å². The van der Waals surface area contributed by atoms with Crippen molar-refractivity contribution < 1.29 is 24.2 Å². The highest BCUT2D eigenvalue weighted by Gasteiger charge is 2.28. The molecule has 0 aromatic heterocycles. The Balaban J connectivity index is 2.29. The molecular weight excluding hydrogens is 238 g/mol. The van der Waals surface area contributed by atoms with Crippen molar-refractivity contribution >= 4 is 17.8 Å². The lowest BCUT2D eigenvalue weighted by atomic mass is 9.86. The summed E-state index contributed by atoms with van der Waals surface area (Å²) < 4.78 is 4.95. The van der Waals surface area contributed by atoms with Gasteiger partial charge in [0.15, 0.2) is 0 Å². The van der Waals surface area contributed by atoms with E-state index in [0.717, 1.165) is 0 Å². The van der Waals surface area contributed by atoms with Crippen LogP contribution in [0.15, 0.2) is 0 Å². The van der Waals surface area contributed by atoms with Gasteiger partial charge in [0.25, 0.3) is 0 Å². The van der Waals surface area contributed by atoms with E-state index in [0.29, 0.717) is 32.3 Å². The van der Waals surface area contributed by atoms with Crippen LogP contribution in [0.5, 0.6) is 0 Å². The first kappa shape index (κ1) is 14.5. The summed E-state index contributed by atoms with van der Waals surface area (Å²) in [6.07, 6.45) is 2.23. The third-order valence-electron chi connectivity index (χ3n) is 3.02. The standard InChI is InChI=1S/C12H19NO5/c1-2-18-12(17)8-3-5-9(6-4-8)13-10(14)7-11(15)16/h8-9H,2-7H2,1H3,(H,13,14)(H,15,16). The van der Waals surface area contributed by atoms with Crippen molar-refractivity contribution in [1.29, 1.82) is 0 Å². The summed E-state index contributed by atoms with van der Waals surface area (Å²) in [7, 11) is 0. The molecule has 1 fully saturated rings. The third-order valence-corrected chi connectivity index (χ3v) is 3.02. The summed E-state index contributed by atoms with van der Waals surface area (Å²) in [4.78, 5) is 33.1. The van der Waals surface area contributed by atoms with E-state index >= 15 is 0 Å². The van der Waals surface area contributed by atoms with Crippen molar-refractivity contribution in [3.63, 3.8) is 0 Å². The molecule has 0 aromatic carbocycles. The SMILES string of the molecule is CCOC(=O)C1CCC(NC(=O)CC(=O)O)CC1. The minimum Gasteiger partial charge on any atom is -0.481 e. The summed E-state index contributed by atoms with van der Waals surface area (Å²) in [6, 6.07) is -0.0254. The number of carbonyl (C=O) groups excluding carboxylic acids is 2. The molecule has 1 aliphatic carbocycles. The predicted octanol–water partition coefficient (Wildman–Crippen LogP) is 0.699. The monoisotopic (exact) mass is 257 g/mol. The first-order valence-electron chi connectivity index (χ1n) is 6.20. The predicted molar refractivity (Wildman–Crippen MR) is 62.8 cm³/mol. The molecule has 1 rings (SSSR count). The first-order valence-corrected chi connectivity index (χ1v) is 6.20. The maximum atomic E-state index is 11.5. The van der Waals surface area contributed by atoms with Crippen molar-refractivity contribution in [3.05, 3.63) is 0 Å². The number of hydrogen-bond donors (Lipinski definition) is 2. The lowest BCUT2D eigenvalue weighted by Gasteiger charge is -2.27. The van der Waals surface area contributed by atoms with E-state index in [1.807, 2.05) is 0 Å². The maximum absolute atomic E-state index is 11.5. The van der Waals surface area contributed by atoms with Crippen molar-refractivity contribution in [2.75, 3.05) is 6.61 Å². The maximum Gasteiger partial charge on any atom is 0.312 e. The zero-order valence-corrected chi connectivity index (χ0v) is 10.5. The van der Waals surface area contributed by atoms with E-state index in [-0.39, 0.29) is 17.9 Å². The molecule has 0 unspecified atom stereocenters. The molecule has 0 heterocycles. The number of carboxylic acid groups (broad SMARTS) is 1. The minimum atomic E-state index is -1.13. The Morgan fingerprint density at radius 3 is 2.33 bits per heavy atom. The van der Waals surface area contributed by atoms with Gasteiger partial charge in [-0.3, -0.25) is 14.4 Å². The van der Waals surface area contributed by atoms with Gasteiger partial charge in [-0.2, -0.15) is 0 Å². The molecule has 0 saturated heterocycles. The minimum absolute atomic E-state index is 0.0254. The van der Waals surface area contributed by atoms with Gasteiger partial charge < -0.3 is 15.2 Å². The van der Waals surface area contributed by atoms with E-state index in [4.69, 9.17) is 9.84 Å². The Labute approximate surface area is 106 Å². The van der Waals surface area contributed by atoms with Crippen LogP contribution in [0.3, 0.4) is 0 Å². The Kier molecular flexibility index (Phi) is 5.61. The van der Waals surface area contributed by atoms with E-state index in [2.05, 4.69) is 5.32 Å². The van der Waals surface area contributed by atoms with Gasteiger partial charge in [0.05, 0.1) is 12.5 Å². The second-order valence-electron chi connectivity index (χ2n) is 4.44. The highest BCUT2D eigenvalue weighted by Crippen LogP contribution is 2.25. The van der Waals surface area contributed by atoms with Crippen LogP contribution in [0.4, 0.5) is 0 Å². The average molecular weight is 257 g/mol. The van der Waals surface area contributed by atoms with Crippen molar-refractivity contribution in [2.24, 2.45) is 5.92 Å². The quantitative estimate of drug-likeness (QED) is 0.558. The molecule has 2 N–H and O–H groups in total. The molecule has 6 heteroatoms. The van der Waals surface area contributed by atoms with E-state index in [1.165, 1.54) is 0 Å². The normalized spacial score (nSPS) is 23.2. The molecule has 0 radical (unpaired) electrons. The zero-order valence-electron chi connectivity index (χ0n) is 10.5. The summed E-state index contributed by atoms with van der Waals surface area (Å²) in [5.74, 6) is -1.86. The number of carboxylic acids is 1. The number of carbonyl (C=O) groups is 3. The fourth-order valence-corrected chi connectivity index (χ4v) is 2.15. The fourth-order valence-electron chi connectivity index (χ4n) is 2.15. The Morgan fingerprint density at radius 1 is 1.22 bits per heavy atom. The largest absolute Gasteiger partial charge is 0.481 e. The van der Waals surface area contributed by atoms with Crippen LogP contribution < -0.4 is 5.32 Å². The zero-order chi connectivity index (χ0) is 13.5. The van der Waals surface area contributed by atoms with Crippen LogP contribution >= 0.6 is 0 Å². The smallest absolute Gasteiger partial charge is 0.312 e. The molecule has 1 amide bonds. The van der Waals surface area contributed by atoms with Crippen molar-refractivity contribution in [3.8, 4) is 0 Å². The van der Waals surface area contributed by atoms with Gasteiger partial charge in [-0.05, 0) is 32.6 Å². The molecule has 102 valence electrons. The molecule has 1 aliphatic rings.